The van der Waals surface area contributed by atoms with Crippen LogP contribution in [-0.4, -0.2) is 37.1 Å². The summed E-state index contributed by atoms with van der Waals surface area (Å²) in [5.74, 6) is 0.145. The molecule has 2 aromatic rings. The van der Waals surface area contributed by atoms with Gasteiger partial charge in [0.05, 0.1) is 5.56 Å². The quantitative estimate of drug-likeness (QED) is 0.714. The first kappa shape index (κ1) is 18.7. The Morgan fingerprint density at radius 2 is 1.69 bits per heavy atom. The Labute approximate surface area is 157 Å². The average molecular weight is 351 g/mol. The lowest BCUT2D eigenvalue weighted by atomic mass is 9.71. The predicted octanol–water partition coefficient (Wildman–Crippen LogP) is 4.58. The highest BCUT2D eigenvalue weighted by Gasteiger charge is 2.44. The molecule has 1 aliphatic carbocycles. The summed E-state index contributed by atoms with van der Waals surface area (Å²) in [6, 6.07) is 19.8. The lowest BCUT2D eigenvalue weighted by molar-refractivity contribution is -0.0767. The minimum atomic E-state index is -0.434. The molecule has 138 valence electrons. The summed E-state index contributed by atoms with van der Waals surface area (Å²) in [4.78, 5) is 15.1. The van der Waals surface area contributed by atoms with Gasteiger partial charge in [0.25, 0.3) is 0 Å². The van der Waals surface area contributed by atoms with E-state index in [0.29, 0.717) is 11.5 Å². The molecule has 2 atom stereocenters. The molecule has 1 fully saturated rings. The van der Waals surface area contributed by atoms with E-state index >= 15 is 0 Å². The summed E-state index contributed by atoms with van der Waals surface area (Å²) >= 11 is 0. The topological polar surface area (TPSA) is 29.5 Å². The molecule has 0 N–H and O–H groups in total. The molecule has 3 heteroatoms. The maximum Gasteiger partial charge on any atom is 0.338 e. The van der Waals surface area contributed by atoms with E-state index in [1.807, 2.05) is 36.4 Å². The normalized spacial score (nSPS) is 23.0. The lowest BCUT2D eigenvalue weighted by Gasteiger charge is -2.44. The highest BCUT2D eigenvalue weighted by Crippen LogP contribution is 2.40. The SMILES string of the molecule is CN(C)CC1CCCCC1(Cc1ccccc1)OC(=O)c1ccccc1. The van der Waals surface area contributed by atoms with E-state index in [-0.39, 0.29) is 5.97 Å². The van der Waals surface area contributed by atoms with Crippen LogP contribution in [0.15, 0.2) is 60.7 Å². The molecule has 26 heavy (non-hydrogen) atoms. The Balaban J connectivity index is 1.90. The van der Waals surface area contributed by atoms with Gasteiger partial charge in [-0.15, -0.1) is 0 Å². The Bertz CT molecular complexity index is 699. The van der Waals surface area contributed by atoms with Gasteiger partial charge in [-0.2, -0.15) is 0 Å². The number of rotatable bonds is 6. The Morgan fingerprint density at radius 1 is 1.04 bits per heavy atom. The van der Waals surface area contributed by atoms with E-state index in [2.05, 4.69) is 43.3 Å². The van der Waals surface area contributed by atoms with E-state index in [1.54, 1.807) is 0 Å². The van der Waals surface area contributed by atoms with E-state index in [9.17, 15) is 4.79 Å². The molecule has 2 aromatic carbocycles. The number of hydrogen-bond donors (Lipinski definition) is 0. The third-order valence-electron chi connectivity index (χ3n) is 5.38. The van der Waals surface area contributed by atoms with Gasteiger partial charge in [0.1, 0.15) is 5.60 Å². The molecule has 0 bridgehead atoms. The number of carbonyl (C=O) groups excluding carboxylic acids is 1. The molecule has 3 rings (SSSR count). The van der Waals surface area contributed by atoms with Gasteiger partial charge in [-0.3, -0.25) is 0 Å². The average Bonchev–Trinajstić information content (AvgIpc) is 2.65. The van der Waals surface area contributed by atoms with Crippen LogP contribution in [0.1, 0.15) is 41.6 Å². The fourth-order valence-corrected chi connectivity index (χ4v) is 4.14. The highest BCUT2D eigenvalue weighted by molar-refractivity contribution is 5.89. The molecule has 2 unspecified atom stereocenters. The van der Waals surface area contributed by atoms with E-state index < -0.39 is 5.60 Å². The zero-order chi connectivity index (χ0) is 18.4. The van der Waals surface area contributed by atoms with Crippen molar-refractivity contribution in [2.45, 2.75) is 37.7 Å². The molecule has 0 saturated heterocycles. The summed E-state index contributed by atoms with van der Waals surface area (Å²) in [6.45, 7) is 0.939. The molecule has 0 spiro atoms. The van der Waals surface area contributed by atoms with Crippen LogP contribution in [0.4, 0.5) is 0 Å². The summed E-state index contributed by atoms with van der Waals surface area (Å²) in [5, 5.41) is 0. The summed E-state index contributed by atoms with van der Waals surface area (Å²) < 4.78 is 6.32. The maximum absolute atomic E-state index is 12.9. The molecule has 0 aromatic heterocycles. The number of carbonyl (C=O) groups is 1. The van der Waals surface area contributed by atoms with Crippen LogP contribution in [0.2, 0.25) is 0 Å². The van der Waals surface area contributed by atoms with Gasteiger partial charge in [-0.05, 0) is 51.1 Å². The second kappa shape index (κ2) is 8.50. The fraction of sp³-hybridized carbons (Fsp3) is 0.435. The monoisotopic (exact) mass is 351 g/mol. The van der Waals surface area contributed by atoms with E-state index in [0.717, 1.165) is 32.2 Å². The van der Waals surface area contributed by atoms with Crippen molar-refractivity contribution in [2.24, 2.45) is 5.92 Å². The minimum absolute atomic E-state index is 0.202. The van der Waals surface area contributed by atoms with Gasteiger partial charge in [-0.1, -0.05) is 55.0 Å². The zero-order valence-electron chi connectivity index (χ0n) is 15.9. The summed E-state index contributed by atoms with van der Waals surface area (Å²) in [7, 11) is 4.20. The fourth-order valence-electron chi connectivity index (χ4n) is 4.14. The first-order valence-corrected chi connectivity index (χ1v) is 9.56. The molecule has 1 aliphatic rings. The number of hydrogen-bond acceptors (Lipinski definition) is 3. The summed E-state index contributed by atoms with van der Waals surface area (Å²) in [5.41, 5.74) is 1.43. The number of nitrogens with zero attached hydrogens (tertiary/aromatic N) is 1. The van der Waals surface area contributed by atoms with Crippen LogP contribution in [-0.2, 0) is 11.2 Å². The Kier molecular flexibility index (Phi) is 6.10. The van der Waals surface area contributed by atoms with Gasteiger partial charge in [0.2, 0.25) is 0 Å². The second-order valence-corrected chi connectivity index (χ2v) is 7.69. The Morgan fingerprint density at radius 3 is 2.35 bits per heavy atom. The molecule has 0 aliphatic heterocycles. The van der Waals surface area contributed by atoms with Crippen molar-refractivity contribution >= 4 is 5.97 Å². The number of esters is 1. The molecule has 0 radical (unpaired) electrons. The predicted molar refractivity (Wildman–Crippen MR) is 105 cm³/mol. The van der Waals surface area contributed by atoms with Crippen molar-refractivity contribution in [3.63, 3.8) is 0 Å². The van der Waals surface area contributed by atoms with Crippen molar-refractivity contribution in [3.8, 4) is 0 Å². The van der Waals surface area contributed by atoms with Crippen LogP contribution in [0.25, 0.3) is 0 Å². The smallest absolute Gasteiger partial charge is 0.338 e. The van der Waals surface area contributed by atoms with Crippen LogP contribution in [0, 0.1) is 5.92 Å². The number of ether oxygens (including phenoxy) is 1. The van der Waals surface area contributed by atoms with Gasteiger partial charge >= 0.3 is 5.97 Å². The molecule has 3 nitrogen and oxygen atoms in total. The molecule has 0 amide bonds. The van der Waals surface area contributed by atoms with Crippen LogP contribution >= 0.6 is 0 Å². The maximum atomic E-state index is 12.9. The van der Waals surface area contributed by atoms with Gasteiger partial charge in [-0.25, -0.2) is 4.79 Å². The summed E-state index contributed by atoms with van der Waals surface area (Å²) in [6.07, 6.45) is 5.13. The van der Waals surface area contributed by atoms with Crippen molar-refractivity contribution in [3.05, 3.63) is 71.8 Å². The first-order valence-electron chi connectivity index (χ1n) is 9.56. The molecule has 1 saturated carbocycles. The largest absolute Gasteiger partial charge is 0.455 e. The van der Waals surface area contributed by atoms with E-state index in [4.69, 9.17) is 4.74 Å². The van der Waals surface area contributed by atoms with Crippen molar-refractivity contribution < 1.29 is 9.53 Å². The first-order chi connectivity index (χ1) is 12.6. The third kappa shape index (κ3) is 4.53. The standard InChI is InChI=1S/C23H29NO2/c1-24(2)18-21-15-9-10-16-23(21,17-19-11-5-3-6-12-19)26-22(25)20-13-7-4-8-14-20/h3-8,11-14,21H,9-10,15-18H2,1-2H3. The zero-order valence-corrected chi connectivity index (χ0v) is 15.9. The molecule has 0 heterocycles. The van der Waals surface area contributed by atoms with Crippen LogP contribution in [0.5, 0.6) is 0 Å². The highest BCUT2D eigenvalue weighted by atomic mass is 16.6. The van der Waals surface area contributed by atoms with Gasteiger partial charge in [0, 0.05) is 18.9 Å². The molecular weight excluding hydrogens is 322 g/mol. The van der Waals surface area contributed by atoms with Crippen LogP contribution in [0.3, 0.4) is 0 Å². The number of benzene rings is 2. The van der Waals surface area contributed by atoms with Gasteiger partial charge in [0.15, 0.2) is 0 Å². The van der Waals surface area contributed by atoms with E-state index in [1.165, 1.54) is 12.0 Å². The molecular formula is C23H29NO2. The Hall–Kier alpha value is -2.13. The lowest BCUT2D eigenvalue weighted by Crippen LogP contribution is -2.50. The second-order valence-electron chi connectivity index (χ2n) is 7.69. The minimum Gasteiger partial charge on any atom is -0.455 e. The van der Waals surface area contributed by atoms with Crippen molar-refractivity contribution in [2.75, 3.05) is 20.6 Å². The van der Waals surface area contributed by atoms with Crippen molar-refractivity contribution in [1.29, 1.82) is 0 Å². The van der Waals surface area contributed by atoms with Gasteiger partial charge < -0.3 is 9.64 Å². The van der Waals surface area contributed by atoms with Crippen LogP contribution < -0.4 is 0 Å². The van der Waals surface area contributed by atoms with Crippen molar-refractivity contribution in [1.82, 2.24) is 4.90 Å². The third-order valence-corrected chi connectivity index (χ3v) is 5.38.